The van der Waals surface area contributed by atoms with Gasteiger partial charge in [-0.3, -0.25) is 4.79 Å². The van der Waals surface area contributed by atoms with E-state index in [1.54, 1.807) is 48.7 Å². The highest BCUT2D eigenvalue weighted by Gasteiger charge is 2.15. The molecule has 0 aliphatic carbocycles. The lowest BCUT2D eigenvalue weighted by molar-refractivity contribution is 0.0923. The van der Waals surface area contributed by atoms with Gasteiger partial charge in [0.15, 0.2) is 0 Å². The minimum atomic E-state index is -0.405. The number of benzene rings is 3. The summed E-state index contributed by atoms with van der Waals surface area (Å²) in [6, 6.07) is 17.1. The smallest absolute Gasteiger partial charge is 0.251 e. The lowest BCUT2D eigenvalue weighted by atomic mass is 10.0. The van der Waals surface area contributed by atoms with Crippen LogP contribution in [0.15, 0.2) is 66.9 Å². The van der Waals surface area contributed by atoms with Gasteiger partial charge in [-0.05, 0) is 66.9 Å². The summed E-state index contributed by atoms with van der Waals surface area (Å²) in [4.78, 5) is 21.7. The van der Waals surface area contributed by atoms with Crippen molar-refractivity contribution < 1.29 is 23.4 Å². The van der Waals surface area contributed by atoms with Crippen molar-refractivity contribution in [3.05, 3.63) is 89.4 Å². The summed E-state index contributed by atoms with van der Waals surface area (Å²) in [6.07, 6.45) is 2.37. The molecule has 0 unspecified atom stereocenters. The van der Waals surface area contributed by atoms with Crippen molar-refractivity contribution in [3.63, 3.8) is 0 Å². The van der Waals surface area contributed by atoms with Gasteiger partial charge in [-0.25, -0.2) is 14.4 Å². The van der Waals surface area contributed by atoms with E-state index in [1.807, 2.05) is 12.1 Å². The SMILES string of the molecule is COc1cccc(F)c1COc1ccc2cc1COCC[C@H](C)CNC(=O)c1ccc(c(N)c1)-c1ccnc(n1)N2. The van der Waals surface area contributed by atoms with Crippen molar-refractivity contribution in [2.24, 2.45) is 5.92 Å². The summed E-state index contributed by atoms with van der Waals surface area (Å²) in [5, 5.41) is 6.20. The molecule has 0 saturated carbocycles. The van der Waals surface area contributed by atoms with E-state index >= 15 is 0 Å². The molecule has 2 aliphatic rings. The molecule has 4 aromatic rings. The zero-order chi connectivity index (χ0) is 28.8. The first-order valence-corrected chi connectivity index (χ1v) is 13.3. The number of nitrogens with two attached hydrogens (primary N) is 1. The Balaban J connectivity index is 1.45. The molecule has 6 rings (SSSR count). The van der Waals surface area contributed by atoms with Gasteiger partial charge in [0.05, 0.1) is 25.0 Å². The molecule has 41 heavy (non-hydrogen) atoms. The largest absolute Gasteiger partial charge is 0.496 e. The van der Waals surface area contributed by atoms with Gasteiger partial charge in [-0.15, -0.1) is 0 Å². The standard InChI is InChI=1S/C31H32FN5O4/c1-19-11-13-40-17-21-14-22(7-9-28(21)41-18-24-25(32)4-3-5-29(24)39-2)36-31-34-12-10-27(37-31)23-8-6-20(15-26(23)33)30(38)35-16-19/h3-10,12,14-15,19H,11,13,16-18,33H2,1-2H3,(H,35,38)(H,34,36,37)/t19-/m0/s1. The number of carbonyl (C=O) groups is 1. The molecule has 212 valence electrons. The fourth-order valence-electron chi connectivity index (χ4n) is 4.50. The number of nitrogen functional groups attached to an aromatic ring is 1. The zero-order valence-electron chi connectivity index (χ0n) is 22.9. The Morgan fingerprint density at radius 2 is 2.00 bits per heavy atom. The van der Waals surface area contributed by atoms with Gasteiger partial charge in [-0.2, -0.15) is 0 Å². The number of methoxy groups -OCH3 is 1. The highest BCUT2D eigenvalue weighted by atomic mass is 19.1. The summed E-state index contributed by atoms with van der Waals surface area (Å²) in [5.41, 5.74) is 10.4. The number of hydrogen-bond acceptors (Lipinski definition) is 8. The summed E-state index contributed by atoms with van der Waals surface area (Å²) in [5.74, 6) is 0.924. The maximum Gasteiger partial charge on any atom is 0.251 e. The number of nitrogens with zero attached hydrogens (tertiary/aromatic N) is 2. The predicted molar refractivity (Wildman–Crippen MR) is 155 cm³/mol. The number of anilines is 3. The number of nitrogens with one attached hydrogen (secondary N) is 2. The third kappa shape index (κ3) is 6.72. The van der Waals surface area contributed by atoms with Crippen LogP contribution in [0.4, 0.5) is 21.7 Å². The van der Waals surface area contributed by atoms with Crippen LogP contribution in [0.1, 0.15) is 34.8 Å². The van der Waals surface area contributed by atoms with E-state index in [2.05, 4.69) is 27.5 Å². The maximum atomic E-state index is 14.5. The van der Waals surface area contributed by atoms with Gasteiger partial charge in [0.1, 0.15) is 23.9 Å². The first-order chi connectivity index (χ1) is 19.9. The molecule has 3 aromatic carbocycles. The lowest BCUT2D eigenvalue weighted by Gasteiger charge is -2.16. The minimum absolute atomic E-state index is 0.0163. The van der Waals surface area contributed by atoms with Crippen LogP contribution in [0.5, 0.6) is 11.5 Å². The minimum Gasteiger partial charge on any atom is -0.496 e. The molecule has 6 bridgehead atoms. The van der Waals surface area contributed by atoms with Gasteiger partial charge >= 0.3 is 0 Å². The fourth-order valence-corrected chi connectivity index (χ4v) is 4.50. The van der Waals surface area contributed by atoms with Crippen molar-refractivity contribution in [1.82, 2.24) is 15.3 Å². The summed E-state index contributed by atoms with van der Waals surface area (Å²) in [6.45, 7) is 3.27. The molecule has 1 amide bonds. The van der Waals surface area contributed by atoms with E-state index in [9.17, 15) is 9.18 Å². The average molecular weight is 558 g/mol. The molecule has 2 aliphatic heterocycles. The Morgan fingerprint density at radius 3 is 2.83 bits per heavy atom. The molecule has 3 heterocycles. The Bertz CT molecular complexity index is 1550. The third-order valence-corrected chi connectivity index (χ3v) is 6.85. The molecule has 1 atom stereocenters. The van der Waals surface area contributed by atoms with Gasteiger partial charge in [-0.1, -0.05) is 13.0 Å². The van der Waals surface area contributed by atoms with E-state index in [0.717, 1.165) is 17.7 Å². The second kappa shape index (κ2) is 12.6. The fraction of sp³-hybridized carbons (Fsp3) is 0.258. The van der Waals surface area contributed by atoms with Crippen LogP contribution < -0.4 is 25.8 Å². The van der Waals surface area contributed by atoms with E-state index in [0.29, 0.717) is 58.7 Å². The number of aromatic nitrogens is 2. The van der Waals surface area contributed by atoms with Gasteiger partial charge in [0.25, 0.3) is 5.91 Å². The second-order valence-corrected chi connectivity index (χ2v) is 9.88. The molecular weight excluding hydrogens is 525 g/mol. The highest BCUT2D eigenvalue weighted by Crippen LogP contribution is 2.30. The Kier molecular flexibility index (Phi) is 8.59. The van der Waals surface area contributed by atoms with Crippen LogP contribution >= 0.6 is 0 Å². The maximum absolute atomic E-state index is 14.5. The van der Waals surface area contributed by atoms with Crippen LogP contribution in [-0.4, -0.2) is 36.1 Å². The van der Waals surface area contributed by atoms with Crippen LogP contribution in [0.2, 0.25) is 0 Å². The summed E-state index contributed by atoms with van der Waals surface area (Å²) >= 11 is 0. The molecule has 10 heteroatoms. The zero-order valence-corrected chi connectivity index (χ0v) is 22.9. The monoisotopic (exact) mass is 557 g/mol. The average Bonchev–Trinajstić information content (AvgIpc) is 2.97. The number of halogens is 1. The highest BCUT2D eigenvalue weighted by molar-refractivity contribution is 5.96. The van der Waals surface area contributed by atoms with E-state index < -0.39 is 5.82 Å². The quantitative estimate of drug-likeness (QED) is 0.282. The number of rotatable bonds is 4. The Hall–Kier alpha value is -4.70. The molecule has 0 saturated heterocycles. The number of fused-ring (bicyclic) bond motifs is 9. The molecule has 4 N–H and O–H groups in total. The van der Waals surface area contributed by atoms with Crippen molar-refractivity contribution in [1.29, 1.82) is 0 Å². The predicted octanol–water partition coefficient (Wildman–Crippen LogP) is 5.48. The van der Waals surface area contributed by atoms with Crippen LogP contribution in [0, 0.1) is 11.7 Å². The summed E-state index contributed by atoms with van der Waals surface area (Å²) in [7, 11) is 1.50. The first kappa shape index (κ1) is 27.9. The van der Waals surface area contributed by atoms with E-state index in [-0.39, 0.29) is 25.0 Å². The summed E-state index contributed by atoms with van der Waals surface area (Å²) < 4.78 is 31.9. The van der Waals surface area contributed by atoms with Crippen molar-refractivity contribution >= 4 is 23.2 Å². The molecule has 0 radical (unpaired) electrons. The molecule has 0 fully saturated rings. The van der Waals surface area contributed by atoms with Crippen LogP contribution in [0.25, 0.3) is 11.3 Å². The number of amides is 1. The van der Waals surface area contributed by atoms with Crippen molar-refractivity contribution in [3.8, 4) is 22.8 Å². The van der Waals surface area contributed by atoms with Gasteiger partial charge in [0.2, 0.25) is 5.95 Å². The van der Waals surface area contributed by atoms with E-state index in [4.69, 9.17) is 19.9 Å². The number of hydrogen-bond donors (Lipinski definition) is 3. The number of ether oxygens (including phenoxy) is 3. The van der Waals surface area contributed by atoms with Crippen LogP contribution in [-0.2, 0) is 18.0 Å². The van der Waals surface area contributed by atoms with Gasteiger partial charge in [0, 0.05) is 47.4 Å². The first-order valence-electron chi connectivity index (χ1n) is 13.3. The Morgan fingerprint density at radius 1 is 1.12 bits per heavy atom. The molecule has 0 spiro atoms. The van der Waals surface area contributed by atoms with Crippen molar-refractivity contribution in [2.45, 2.75) is 26.6 Å². The van der Waals surface area contributed by atoms with Gasteiger partial charge < -0.3 is 30.6 Å². The normalized spacial score (nSPS) is 15.6. The molecule has 9 nitrogen and oxygen atoms in total. The molecule has 1 aromatic heterocycles. The lowest BCUT2D eigenvalue weighted by Crippen LogP contribution is -2.28. The Labute approximate surface area is 237 Å². The van der Waals surface area contributed by atoms with Crippen LogP contribution in [0.3, 0.4) is 0 Å². The second-order valence-electron chi connectivity index (χ2n) is 9.88. The number of carbonyl (C=O) groups excluding carboxylic acids is 1. The third-order valence-electron chi connectivity index (χ3n) is 6.85. The van der Waals surface area contributed by atoms with E-state index in [1.165, 1.54) is 13.2 Å². The topological polar surface area (TPSA) is 121 Å². The molecular formula is C31H32FN5O4. The van der Waals surface area contributed by atoms with Crippen molar-refractivity contribution in [2.75, 3.05) is 31.3 Å².